The molecule has 0 unspecified atom stereocenters. The Morgan fingerprint density at radius 2 is 1.12 bits per heavy atom. The van der Waals surface area contributed by atoms with Gasteiger partial charge in [-0.2, -0.15) is 0 Å². The van der Waals surface area contributed by atoms with E-state index in [2.05, 4.69) is 0 Å². The average molecular weight is 276 g/mol. The van der Waals surface area contributed by atoms with E-state index < -0.39 is 10.1 Å². The molecule has 0 saturated carbocycles. The minimum Gasteiger partial charge on any atom is -0.748 e. The van der Waals surface area contributed by atoms with Crippen molar-refractivity contribution >= 4 is 10.1 Å². The Morgan fingerprint density at radius 1 is 0.765 bits per heavy atom. The van der Waals surface area contributed by atoms with E-state index in [1.165, 1.54) is 0 Å². The molecular weight excluding hydrogens is 254 g/mol. The molecule has 0 radical (unpaired) electrons. The van der Waals surface area contributed by atoms with Crippen LogP contribution in [0.3, 0.4) is 0 Å². The van der Waals surface area contributed by atoms with Gasteiger partial charge in [0.25, 0.3) is 0 Å². The molecule has 0 aromatic carbocycles. The molecule has 0 atom stereocenters. The van der Waals surface area contributed by atoms with E-state index in [4.69, 9.17) is 0 Å². The van der Waals surface area contributed by atoms with Crippen LogP contribution in [0.4, 0.5) is 4.39 Å². The van der Waals surface area contributed by atoms with Crippen molar-refractivity contribution in [3.05, 3.63) is 0 Å². The van der Waals surface area contributed by atoms with Crippen molar-refractivity contribution in [1.82, 2.24) is 0 Å². The van der Waals surface area contributed by atoms with E-state index >= 15 is 0 Å². The van der Waals surface area contributed by atoms with Crippen LogP contribution in [0, 0.1) is 0 Å². The van der Waals surface area contributed by atoms with Gasteiger partial charge in [0.2, 0.25) is 0 Å². The van der Waals surface area contributed by atoms with Crippen LogP contribution in [0.5, 0.6) is 0 Å². The van der Waals surface area contributed by atoms with Gasteiger partial charge in [0, 0.05) is 5.75 Å². The molecule has 98 valence electrons. The molecule has 0 fully saturated rings. The first kappa shape index (κ1) is 20.2. The van der Waals surface area contributed by atoms with Gasteiger partial charge in [0.15, 0.2) is 0 Å². The summed E-state index contributed by atoms with van der Waals surface area (Å²) in [6.45, 7) is -0.219. The minimum atomic E-state index is -4.02. The van der Waals surface area contributed by atoms with Gasteiger partial charge in [-0.15, -0.1) is 0 Å². The van der Waals surface area contributed by atoms with E-state index in [-0.39, 0.29) is 42.0 Å². The molecule has 0 aromatic heterocycles. The third-order valence-electron chi connectivity index (χ3n) is 2.53. The topological polar surface area (TPSA) is 57.2 Å². The monoisotopic (exact) mass is 276 g/mol. The molecule has 6 heteroatoms. The maximum Gasteiger partial charge on any atom is 1.00 e. The van der Waals surface area contributed by atoms with E-state index in [9.17, 15) is 17.4 Å². The van der Waals surface area contributed by atoms with Crippen LogP contribution >= 0.6 is 0 Å². The van der Waals surface area contributed by atoms with E-state index in [0.29, 0.717) is 12.8 Å². The number of hydrogen-bond donors (Lipinski definition) is 0. The summed E-state index contributed by atoms with van der Waals surface area (Å²) < 4.78 is 42.6. The van der Waals surface area contributed by atoms with Crippen LogP contribution in [0.25, 0.3) is 0 Å². The van der Waals surface area contributed by atoms with Crippen LogP contribution in [0.1, 0.15) is 57.8 Å². The zero-order valence-electron chi connectivity index (χ0n) is 10.8. The van der Waals surface area contributed by atoms with Crippen molar-refractivity contribution in [2.75, 3.05) is 12.4 Å². The van der Waals surface area contributed by atoms with Crippen LogP contribution in [-0.2, 0) is 10.1 Å². The second-order valence-corrected chi connectivity index (χ2v) is 5.66. The summed E-state index contributed by atoms with van der Waals surface area (Å²) in [6.07, 6.45) is 8.31. The predicted octanol–water partition coefficient (Wildman–Crippen LogP) is 0.0160. The molecule has 0 aliphatic rings. The summed E-state index contributed by atoms with van der Waals surface area (Å²) in [5.41, 5.74) is 0. The van der Waals surface area contributed by atoms with Crippen LogP contribution in [0.2, 0.25) is 0 Å². The Labute approximate surface area is 127 Å². The van der Waals surface area contributed by atoms with E-state index in [0.717, 1.165) is 44.9 Å². The second-order valence-electron chi connectivity index (χ2n) is 4.13. The van der Waals surface area contributed by atoms with Crippen molar-refractivity contribution in [1.29, 1.82) is 0 Å². The van der Waals surface area contributed by atoms with Crippen LogP contribution in [-0.4, -0.2) is 25.4 Å². The third kappa shape index (κ3) is 19.4. The molecule has 0 aliphatic heterocycles. The first-order valence-corrected chi connectivity index (χ1v) is 7.63. The zero-order chi connectivity index (χ0) is 12.3. The van der Waals surface area contributed by atoms with Gasteiger partial charge in [-0.05, 0) is 12.8 Å². The van der Waals surface area contributed by atoms with E-state index in [1.54, 1.807) is 0 Å². The van der Waals surface area contributed by atoms with Crippen molar-refractivity contribution < 1.29 is 46.9 Å². The Hall–Kier alpha value is 0.840. The molecule has 0 aliphatic carbocycles. The molecule has 0 amide bonds. The summed E-state index contributed by atoms with van der Waals surface area (Å²) in [7, 11) is -4.02. The molecule has 0 N–H and O–H groups in total. The summed E-state index contributed by atoms with van der Waals surface area (Å²) in [4.78, 5) is 0. The Morgan fingerprint density at radius 3 is 1.47 bits per heavy atom. The van der Waals surface area contributed by atoms with Crippen molar-refractivity contribution in [2.45, 2.75) is 57.8 Å². The molecule has 0 heterocycles. The number of unbranched alkanes of at least 4 members (excludes halogenated alkanes) is 8. The van der Waals surface area contributed by atoms with Crippen molar-refractivity contribution in [3.8, 4) is 0 Å². The Kier molecular flexibility index (Phi) is 15.7. The largest absolute Gasteiger partial charge is 1.00 e. The first-order chi connectivity index (χ1) is 7.56. The molecule has 0 bridgehead atoms. The molecule has 0 spiro atoms. The minimum absolute atomic E-state index is 0. The van der Waals surface area contributed by atoms with Gasteiger partial charge >= 0.3 is 29.6 Å². The average Bonchev–Trinajstić information content (AvgIpc) is 2.19. The normalized spacial score (nSPS) is 11.2. The zero-order valence-corrected chi connectivity index (χ0v) is 13.6. The predicted molar refractivity (Wildman–Crippen MR) is 62.1 cm³/mol. The maximum atomic E-state index is 11.7. The molecule has 0 rings (SSSR count). The van der Waals surface area contributed by atoms with Gasteiger partial charge in [-0.25, -0.2) is 8.42 Å². The Bertz CT molecular complexity index is 245. The molecule has 3 nitrogen and oxygen atoms in total. The van der Waals surface area contributed by atoms with Crippen molar-refractivity contribution in [3.63, 3.8) is 0 Å². The smallest absolute Gasteiger partial charge is 0.748 e. The van der Waals surface area contributed by atoms with Gasteiger partial charge in [-0.1, -0.05) is 44.9 Å². The standard InChI is InChI=1S/C11H23FO3S.Na/c12-10-8-6-4-2-1-3-5-7-9-11-16(13,14)15;/h1-11H2,(H,13,14,15);/q;+1/p-1. The van der Waals surface area contributed by atoms with Gasteiger partial charge in [0.05, 0.1) is 16.8 Å². The molecular formula is C11H22FNaO3S. The quantitative estimate of drug-likeness (QED) is 0.304. The second kappa shape index (κ2) is 13.3. The summed E-state index contributed by atoms with van der Waals surface area (Å²) in [5, 5.41) is 0. The number of rotatable bonds is 11. The molecule has 17 heavy (non-hydrogen) atoms. The number of hydrogen-bond acceptors (Lipinski definition) is 3. The fraction of sp³-hybridized carbons (Fsp3) is 1.00. The first-order valence-electron chi connectivity index (χ1n) is 6.06. The van der Waals surface area contributed by atoms with Crippen LogP contribution < -0.4 is 29.6 Å². The Balaban J connectivity index is 0. The van der Waals surface area contributed by atoms with E-state index in [1.807, 2.05) is 0 Å². The number of halogens is 1. The summed E-state index contributed by atoms with van der Waals surface area (Å²) in [6, 6.07) is 0. The SMILES string of the molecule is O=S(=O)([O-])CCCCCCCCCCCF.[Na+]. The molecule has 0 aromatic rings. The van der Waals surface area contributed by atoms with Crippen LogP contribution in [0.15, 0.2) is 0 Å². The summed E-state index contributed by atoms with van der Waals surface area (Å²) in [5.74, 6) is -0.233. The van der Waals surface area contributed by atoms with Gasteiger partial charge in [0.1, 0.15) is 0 Å². The number of alkyl halides is 1. The maximum absolute atomic E-state index is 11.7. The van der Waals surface area contributed by atoms with Gasteiger partial charge < -0.3 is 4.55 Å². The van der Waals surface area contributed by atoms with Crippen molar-refractivity contribution in [2.24, 2.45) is 0 Å². The third-order valence-corrected chi connectivity index (χ3v) is 3.32. The fourth-order valence-corrected chi connectivity index (χ4v) is 2.17. The summed E-state index contributed by atoms with van der Waals surface area (Å²) >= 11 is 0. The molecule has 0 saturated heterocycles. The fourth-order valence-electron chi connectivity index (χ4n) is 1.61. The van der Waals surface area contributed by atoms with Gasteiger partial charge in [-0.3, -0.25) is 4.39 Å².